The average Bonchev–Trinajstić information content (AvgIpc) is 3.34. The van der Waals surface area contributed by atoms with Gasteiger partial charge in [0.25, 0.3) is 0 Å². The first-order valence-electron chi connectivity index (χ1n) is 9.58. The van der Waals surface area contributed by atoms with E-state index < -0.39 is 11.6 Å². The Morgan fingerprint density at radius 3 is 2.81 bits per heavy atom. The van der Waals surface area contributed by atoms with Gasteiger partial charge in [0.05, 0.1) is 0 Å². The third-order valence-electron chi connectivity index (χ3n) is 6.24. The van der Waals surface area contributed by atoms with Gasteiger partial charge in [-0.05, 0) is 67.7 Å². The first kappa shape index (κ1) is 18.6. The Bertz CT molecular complexity index is 862. The first-order valence-corrected chi connectivity index (χ1v) is 10.1. The molecule has 0 spiro atoms. The van der Waals surface area contributed by atoms with E-state index in [1.807, 2.05) is 13.1 Å². The van der Waals surface area contributed by atoms with Crippen molar-refractivity contribution in [2.75, 3.05) is 5.88 Å². The summed E-state index contributed by atoms with van der Waals surface area (Å²) in [6.45, 7) is 1.92. The number of fused-ring (bicyclic) bond motifs is 1. The van der Waals surface area contributed by atoms with Crippen molar-refractivity contribution < 1.29 is 13.6 Å². The maximum absolute atomic E-state index is 14.9. The van der Waals surface area contributed by atoms with Gasteiger partial charge in [-0.2, -0.15) is 0 Å². The lowest BCUT2D eigenvalue weighted by Crippen LogP contribution is -2.42. The highest BCUT2D eigenvalue weighted by Gasteiger charge is 2.32. The number of nitrogens with zero attached hydrogens (tertiary/aromatic N) is 2. The molecule has 0 saturated heterocycles. The van der Waals surface area contributed by atoms with Crippen LogP contribution in [0.2, 0.25) is 0 Å². The molecule has 1 aliphatic heterocycles. The molecule has 1 amide bonds. The summed E-state index contributed by atoms with van der Waals surface area (Å²) in [5.41, 5.74) is 4.88. The Morgan fingerprint density at radius 2 is 2.04 bits per heavy atom. The minimum atomic E-state index is -0.805. The number of carbonyl (C=O) groups is 1. The highest BCUT2D eigenvalue weighted by molar-refractivity contribution is 6.27. The van der Waals surface area contributed by atoms with E-state index in [1.54, 1.807) is 4.90 Å². The molecule has 0 aromatic heterocycles. The van der Waals surface area contributed by atoms with Crippen LogP contribution in [0.4, 0.5) is 8.78 Å². The fourth-order valence-electron chi connectivity index (χ4n) is 4.74. The maximum Gasteiger partial charge on any atom is 0.238 e. The molecule has 0 radical (unpaired) electrons. The molecule has 1 atom stereocenters. The van der Waals surface area contributed by atoms with Gasteiger partial charge in [0.2, 0.25) is 5.91 Å². The molecule has 6 heteroatoms. The summed E-state index contributed by atoms with van der Waals surface area (Å²) in [6, 6.07) is -0.0492. The van der Waals surface area contributed by atoms with E-state index in [0.29, 0.717) is 17.5 Å². The normalized spacial score (nSPS) is 20.8. The van der Waals surface area contributed by atoms with Gasteiger partial charge in [0.1, 0.15) is 5.88 Å². The van der Waals surface area contributed by atoms with Gasteiger partial charge in [-0.3, -0.25) is 9.79 Å². The monoisotopic (exact) mass is 392 g/mol. The molecule has 0 N–H and O–H groups in total. The zero-order valence-corrected chi connectivity index (χ0v) is 16.2. The topological polar surface area (TPSA) is 32.7 Å². The third kappa shape index (κ3) is 3.20. The Hall–Kier alpha value is -1.75. The van der Waals surface area contributed by atoms with Crippen LogP contribution in [0.5, 0.6) is 0 Å². The molecule has 27 heavy (non-hydrogen) atoms. The zero-order valence-electron chi connectivity index (χ0n) is 15.5. The van der Waals surface area contributed by atoms with Gasteiger partial charge >= 0.3 is 0 Å². The number of aliphatic imine (C=N–C) groups is 1. The average molecular weight is 393 g/mol. The van der Waals surface area contributed by atoms with Gasteiger partial charge in [-0.1, -0.05) is 0 Å². The van der Waals surface area contributed by atoms with E-state index in [4.69, 9.17) is 11.6 Å². The number of halogens is 3. The van der Waals surface area contributed by atoms with Crippen LogP contribution in [0.15, 0.2) is 16.3 Å². The van der Waals surface area contributed by atoms with Crippen LogP contribution in [0.3, 0.4) is 0 Å². The van der Waals surface area contributed by atoms with Gasteiger partial charge in [0, 0.05) is 36.5 Å². The second-order valence-electron chi connectivity index (χ2n) is 7.66. The van der Waals surface area contributed by atoms with Crippen LogP contribution in [0, 0.1) is 18.6 Å². The number of alkyl halides is 1. The van der Waals surface area contributed by atoms with E-state index in [-0.39, 0.29) is 24.4 Å². The Kier molecular flexibility index (Phi) is 5.06. The summed E-state index contributed by atoms with van der Waals surface area (Å²) < 4.78 is 29.4. The second-order valence-corrected chi connectivity index (χ2v) is 7.93. The summed E-state index contributed by atoms with van der Waals surface area (Å²) >= 11 is 5.85. The molecule has 0 fully saturated rings. The van der Waals surface area contributed by atoms with E-state index >= 15 is 0 Å². The van der Waals surface area contributed by atoms with Crippen molar-refractivity contribution in [1.29, 1.82) is 0 Å². The summed E-state index contributed by atoms with van der Waals surface area (Å²) in [6.07, 6.45) is 7.23. The van der Waals surface area contributed by atoms with E-state index in [9.17, 15) is 13.6 Å². The van der Waals surface area contributed by atoms with Crippen molar-refractivity contribution in [3.05, 3.63) is 45.2 Å². The van der Waals surface area contributed by atoms with Gasteiger partial charge < -0.3 is 4.90 Å². The predicted molar refractivity (Wildman–Crippen MR) is 102 cm³/mol. The van der Waals surface area contributed by atoms with Gasteiger partial charge in [-0.25, -0.2) is 8.78 Å². The number of rotatable bonds is 4. The molecule has 2 aliphatic carbocycles. The van der Waals surface area contributed by atoms with Gasteiger partial charge in [0.15, 0.2) is 11.6 Å². The highest BCUT2D eigenvalue weighted by Crippen LogP contribution is 2.36. The molecule has 4 rings (SSSR count). The SMILES string of the molecule is Cc1c(CN(C(=O)CCl)C2CCC3=C(CC=N3)C2)c(F)c(F)c2c1CCC2. The maximum atomic E-state index is 14.9. The molecule has 1 aromatic carbocycles. The van der Waals surface area contributed by atoms with Crippen LogP contribution in [0.1, 0.15) is 54.4 Å². The van der Waals surface area contributed by atoms with Crippen molar-refractivity contribution in [2.45, 2.75) is 64.5 Å². The quantitative estimate of drug-likeness (QED) is 0.688. The van der Waals surface area contributed by atoms with Gasteiger partial charge in [-0.15, -0.1) is 11.6 Å². The minimum Gasteiger partial charge on any atom is -0.334 e. The number of amides is 1. The number of benzene rings is 1. The molecule has 3 nitrogen and oxygen atoms in total. The first-order chi connectivity index (χ1) is 13.0. The molecule has 1 unspecified atom stereocenters. The van der Waals surface area contributed by atoms with Crippen molar-refractivity contribution in [2.24, 2.45) is 4.99 Å². The molecular weight excluding hydrogens is 370 g/mol. The van der Waals surface area contributed by atoms with E-state index in [0.717, 1.165) is 55.3 Å². The summed E-state index contributed by atoms with van der Waals surface area (Å²) in [5, 5.41) is 0. The number of hydrogen-bond acceptors (Lipinski definition) is 2. The molecule has 0 saturated carbocycles. The predicted octanol–water partition coefficient (Wildman–Crippen LogP) is 4.61. The fraction of sp³-hybridized carbons (Fsp3) is 0.524. The molecule has 3 aliphatic rings. The number of carbonyl (C=O) groups excluding carboxylic acids is 1. The largest absolute Gasteiger partial charge is 0.334 e. The molecular formula is C21H23ClF2N2O. The van der Waals surface area contributed by atoms with Crippen LogP contribution in [0.25, 0.3) is 0 Å². The lowest BCUT2D eigenvalue weighted by atomic mass is 9.90. The van der Waals surface area contributed by atoms with Crippen LogP contribution >= 0.6 is 11.6 Å². The van der Waals surface area contributed by atoms with Crippen LogP contribution < -0.4 is 0 Å². The van der Waals surface area contributed by atoms with Crippen molar-refractivity contribution in [3.63, 3.8) is 0 Å². The Morgan fingerprint density at radius 1 is 1.26 bits per heavy atom. The van der Waals surface area contributed by atoms with E-state index in [1.165, 1.54) is 5.57 Å². The highest BCUT2D eigenvalue weighted by atomic mass is 35.5. The van der Waals surface area contributed by atoms with Crippen molar-refractivity contribution in [3.8, 4) is 0 Å². The molecule has 0 bridgehead atoms. The summed E-state index contributed by atoms with van der Waals surface area (Å²) in [7, 11) is 0. The molecule has 1 heterocycles. The summed E-state index contributed by atoms with van der Waals surface area (Å²) in [5.74, 6) is -1.93. The zero-order chi connectivity index (χ0) is 19.1. The van der Waals surface area contributed by atoms with Crippen LogP contribution in [-0.2, 0) is 24.2 Å². The third-order valence-corrected chi connectivity index (χ3v) is 6.47. The second kappa shape index (κ2) is 7.34. The van der Waals surface area contributed by atoms with Crippen molar-refractivity contribution >= 4 is 23.7 Å². The smallest absolute Gasteiger partial charge is 0.238 e. The molecule has 1 aromatic rings. The molecule has 144 valence electrons. The number of hydrogen-bond donors (Lipinski definition) is 0. The fourth-order valence-corrected chi connectivity index (χ4v) is 4.89. The van der Waals surface area contributed by atoms with E-state index in [2.05, 4.69) is 4.99 Å². The lowest BCUT2D eigenvalue weighted by molar-refractivity contribution is -0.131. The minimum absolute atomic E-state index is 0.0492. The Labute approximate surface area is 163 Å². The summed E-state index contributed by atoms with van der Waals surface area (Å²) in [4.78, 5) is 18.6. The van der Waals surface area contributed by atoms with Crippen molar-refractivity contribution in [1.82, 2.24) is 4.90 Å². The standard InChI is InChI=1S/C21H23ClF2N2O/c1-12-15-3-2-4-16(15)20(23)21(24)17(12)11-26(19(27)10-22)14-5-6-18-13(9-14)7-8-25-18/h8,14H,2-7,9-11H2,1H3. The lowest BCUT2D eigenvalue weighted by Gasteiger charge is -2.35. The Balaban J connectivity index is 1.66. The number of allylic oxidation sites excluding steroid dienone is 1. The van der Waals surface area contributed by atoms with Crippen LogP contribution in [-0.4, -0.2) is 28.9 Å².